The number of anilines is 2. The highest BCUT2D eigenvalue weighted by molar-refractivity contribution is 5.58. The molecule has 0 aliphatic rings. The van der Waals surface area contributed by atoms with Gasteiger partial charge in [0.15, 0.2) is 0 Å². The van der Waals surface area contributed by atoms with Crippen molar-refractivity contribution >= 4 is 11.4 Å². The van der Waals surface area contributed by atoms with Gasteiger partial charge in [-0.15, -0.1) is 0 Å². The van der Waals surface area contributed by atoms with Crippen LogP contribution in [0.25, 0.3) is 0 Å². The predicted molar refractivity (Wildman–Crippen MR) is 83.3 cm³/mol. The Labute approximate surface area is 115 Å². The van der Waals surface area contributed by atoms with E-state index in [1.807, 2.05) is 24.3 Å². The Morgan fingerprint density at radius 3 is 1.53 bits per heavy atom. The summed E-state index contributed by atoms with van der Waals surface area (Å²) in [4.78, 5) is 0. The van der Waals surface area contributed by atoms with Gasteiger partial charge in [-0.3, -0.25) is 0 Å². The summed E-state index contributed by atoms with van der Waals surface area (Å²) in [5, 5.41) is 0. The van der Waals surface area contributed by atoms with Gasteiger partial charge in [0.05, 0.1) is 0 Å². The summed E-state index contributed by atoms with van der Waals surface area (Å²) in [6.07, 6.45) is 2.81. The van der Waals surface area contributed by atoms with E-state index in [0.29, 0.717) is 0 Å². The van der Waals surface area contributed by atoms with E-state index < -0.39 is 0 Å². The van der Waals surface area contributed by atoms with Gasteiger partial charge in [-0.1, -0.05) is 38.1 Å². The molecule has 0 aliphatic carbocycles. The zero-order chi connectivity index (χ0) is 13.8. The first-order valence-electron chi connectivity index (χ1n) is 6.89. The maximum atomic E-state index is 6.15. The highest BCUT2D eigenvalue weighted by Crippen LogP contribution is 2.26. The molecule has 2 aromatic rings. The fourth-order valence-corrected chi connectivity index (χ4v) is 2.58. The first-order chi connectivity index (χ1) is 9.17. The normalized spacial score (nSPS) is 10.6. The lowest BCUT2D eigenvalue weighted by Crippen LogP contribution is -2.05. The fraction of sp³-hybridized carbons (Fsp3) is 0.294. The van der Waals surface area contributed by atoms with Gasteiger partial charge in [-0.25, -0.2) is 0 Å². The average Bonchev–Trinajstić information content (AvgIpc) is 2.42. The molecule has 0 atom stereocenters. The van der Waals surface area contributed by atoms with E-state index in [2.05, 4.69) is 26.0 Å². The van der Waals surface area contributed by atoms with Gasteiger partial charge >= 0.3 is 0 Å². The SMILES string of the molecule is CCc1cccc(N)c1Cc1c(N)cccc1CC. The lowest BCUT2D eigenvalue weighted by atomic mass is 9.92. The van der Waals surface area contributed by atoms with Crippen LogP contribution in [-0.2, 0) is 19.3 Å². The van der Waals surface area contributed by atoms with Crippen LogP contribution in [0.3, 0.4) is 0 Å². The number of nitrogens with two attached hydrogens (primary N) is 2. The third kappa shape index (κ3) is 2.73. The van der Waals surface area contributed by atoms with E-state index in [1.54, 1.807) is 0 Å². The van der Waals surface area contributed by atoms with E-state index in [0.717, 1.165) is 30.6 Å². The molecule has 0 fully saturated rings. The van der Waals surface area contributed by atoms with Crippen LogP contribution < -0.4 is 11.5 Å². The van der Waals surface area contributed by atoms with Crippen molar-refractivity contribution < 1.29 is 0 Å². The van der Waals surface area contributed by atoms with Gasteiger partial charge < -0.3 is 11.5 Å². The molecule has 0 radical (unpaired) electrons. The summed E-state index contributed by atoms with van der Waals surface area (Å²) < 4.78 is 0. The lowest BCUT2D eigenvalue weighted by molar-refractivity contribution is 1.03. The first kappa shape index (κ1) is 13.5. The van der Waals surface area contributed by atoms with Crippen LogP contribution in [0.15, 0.2) is 36.4 Å². The molecule has 0 aliphatic heterocycles. The maximum absolute atomic E-state index is 6.15. The van der Waals surface area contributed by atoms with Gasteiger partial charge in [-0.2, -0.15) is 0 Å². The smallest absolute Gasteiger partial charge is 0.0352 e. The molecule has 0 aromatic heterocycles. The maximum Gasteiger partial charge on any atom is 0.0352 e. The van der Waals surface area contributed by atoms with Crippen LogP contribution in [0.1, 0.15) is 36.1 Å². The lowest BCUT2D eigenvalue weighted by Gasteiger charge is -2.15. The topological polar surface area (TPSA) is 52.0 Å². The quantitative estimate of drug-likeness (QED) is 0.820. The molecule has 2 heteroatoms. The summed E-state index contributed by atoms with van der Waals surface area (Å²) in [7, 11) is 0. The largest absolute Gasteiger partial charge is 0.398 e. The molecule has 0 amide bonds. The first-order valence-corrected chi connectivity index (χ1v) is 6.89. The van der Waals surface area contributed by atoms with E-state index in [1.165, 1.54) is 22.3 Å². The van der Waals surface area contributed by atoms with Crippen molar-refractivity contribution in [2.45, 2.75) is 33.1 Å². The summed E-state index contributed by atoms with van der Waals surface area (Å²) >= 11 is 0. The summed E-state index contributed by atoms with van der Waals surface area (Å²) in [5.74, 6) is 0. The Bertz CT molecular complexity index is 522. The van der Waals surface area contributed by atoms with Gasteiger partial charge in [0.25, 0.3) is 0 Å². The number of hydrogen-bond donors (Lipinski definition) is 2. The molecule has 2 aromatic carbocycles. The molecular weight excluding hydrogens is 232 g/mol. The third-order valence-corrected chi connectivity index (χ3v) is 3.73. The Morgan fingerprint density at radius 1 is 0.737 bits per heavy atom. The van der Waals surface area contributed by atoms with Gasteiger partial charge in [-0.05, 0) is 47.2 Å². The fourth-order valence-electron chi connectivity index (χ4n) is 2.58. The second kappa shape index (κ2) is 5.79. The second-order valence-electron chi connectivity index (χ2n) is 4.85. The molecular formula is C17H22N2. The zero-order valence-electron chi connectivity index (χ0n) is 11.7. The molecule has 2 rings (SSSR count). The molecule has 4 N–H and O–H groups in total. The van der Waals surface area contributed by atoms with Crippen LogP contribution in [-0.4, -0.2) is 0 Å². The average molecular weight is 254 g/mol. The van der Waals surface area contributed by atoms with Gasteiger partial charge in [0, 0.05) is 17.8 Å². The monoisotopic (exact) mass is 254 g/mol. The Morgan fingerprint density at radius 2 is 1.16 bits per heavy atom. The molecule has 0 saturated carbocycles. The van der Waals surface area contributed by atoms with Crippen LogP contribution >= 0.6 is 0 Å². The third-order valence-electron chi connectivity index (χ3n) is 3.73. The van der Waals surface area contributed by atoms with E-state index in [9.17, 15) is 0 Å². The second-order valence-corrected chi connectivity index (χ2v) is 4.85. The van der Waals surface area contributed by atoms with E-state index in [-0.39, 0.29) is 0 Å². The standard InChI is InChI=1S/C17H22N2/c1-3-12-7-5-9-16(18)14(12)11-15-13(4-2)8-6-10-17(15)19/h5-10H,3-4,11,18-19H2,1-2H3. The minimum atomic E-state index is 0.825. The minimum absolute atomic E-state index is 0.825. The molecule has 0 unspecified atom stereocenters. The Kier molecular flexibility index (Phi) is 4.10. The number of benzene rings is 2. The minimum Gasteiger partial charge on any atom is -0.398 e. The zero-order valence-corrected chi connectivity index (χ0v) is 11.7. The van der Waals surface area contributed by atoms with Crippen LogP contribution in [0.2, 0.25) is 0 Å². The van der Waals surface area contributed by atoms with E-state index in [4.69, 9.17) is 11.5 Å². The van der Waals surface area contributed by atoms with Crippen molar-refractivity contribution in [1.82, 2.24) is 0 Å². The molecule has 0 heterocycles. The molecule has 2 nitrogen and oxygen atoms in total. The van der Waals surface area contributed by atoms with Crippen LogP contribution in [0.4, 0.5) is 11.4 Å². The summed E-state index contributed by atoms with van der Waals surface area (Å²) in [6.45, 7) is 4.32. The highest BCUT2D eigenvalue weighted by Gasteiger charge is 2.11. The predicted octanol–water partition coefficient (Wildman–Crippen LogP) is 3.57. The molecule has 0 saturated heterocycles. The van der Waals surface area contributed by atoms with Crippen molar-refractivity contribution in [2.24, 2.45) is 0 Å². The number of hydrogen-bond acceptors (Lipinski definition) is 2. The molecule has 0 spiro atoms. The Hall–Kier alpha value is -1.96. The summed E-state index contributed by atoms with van der Waals surface area (Å²) in [5.41, 5.74) is 19.1. The van der Waals surface area contributed by atoms with Crippen molar-refractivity contribution in [2.75, 3.05) is 11.5 Å². The van der Waals surface area contributed by atoms with Crippen molar-refractivity contribution in [3.05, 3.63) is 58.7 Å². The number of aryl methyl sites for hydroxylation is 2. The van der Waals surface area contributed by atoms with E-state index >= 15 is 0 Å². The van der Waals surface area contributed by atoms with Crippen molar-refractivity contribution in [3.63, 3.8) is 0 Å². The van der Waals surface area contributed by atoms with Gasteiger partial charge in [0.2, 0.25) is 0 Å². The molecule has 100 valence electrons. The summed E-state index contributed by atoms with van der Waals surface area (Å²) in [6, 6.07) is 12.3. The van der Waals surface area contributed by atoms with Crippen LogP contribution in [0.5, 0.6) is 0 Å². The molecule has 0 bridgehead atoms. The van der Waals surface area contributed by atoms with Crippen molar-refractivity contribution in [3.8, 4) is 0 Å². The number of rotatable bonds is 4. The van der Waals surface area contributed by atoms with Crippen molar-refractivity contribution in [1.29, 1.82) is 0 Å². The van der Waals surface area contributed by atoms with Crippen LogP contribution in [0, 0.1) is 0 Å². The molecule has 19 heavy (non-hydrogen) atoms. The number of nitrogen functional groups attached to an aromatic ring is 2. The van der Waals surface area contributed by atoms with Gasteiger partial charge in [0.1, 0.15) is 0 Å². The Balaban J connectivity index is 2.47. The highest BCUT2D eigenvalue weighted by atomic mass is 14.6.